The molecule has 0 radical (unpaired) electrons. The van der Waals surface area contributed by atoms with Crippen LogP contribution in [-0.2, 0) is 9.59 Å². The Hall–Kier alpha value is -2.32. The summed E-state index contributed by atoms with van der Waals surface area (Å²) in [5, 5.41) is 11.5. The highest BCUT2D eigenvalue weighted by Gasteiger charge is 2.05. The largest absolute Gasteiger partial charge is 0.273 e. The van der Waals surface area contributed by atoms with Crippen molar-refractivity contribution in [2.24, 2.45) is 10.2 Å². The Morgan fingerprint density at radius 1 is 0.909 bits per heavy atom. The van der Waals surface area contributed by atoms with Crippen molar-refractivity contribution in [3.05, 3.63) is 44.8 Å². The second kappa shape index (κ2) is 8.85. The fourth-order valence-corrected chi connectivity index (χ4v) is 2.57. The van der Waals surface area contributed by atoms with Gasteiger partial charge in [-0.15, -0.1) is 22.7 Å². The fourth-order valence-electron chi connectivity index (χ4n) is 1.40. The van der Waals surface area contributed by atoms with E-state index in [9.17, 15) is 9.59 Å². The summed E-state index contributed by atoms with van der Waals surface area (Å²) < 4.78 is 0. The van der Waals surface area contributed by atoms with E-state index in [0.717, 1.165) is 9.75 Å². The third kappa shape index (κ3) is 5.98. The van der Waals surface area contributed by atoms with E-state index >= 15 is 0 Å². The number of nitrogens with one attached hydrogen (secondary N) is 2. The normalized spacial score (nSPS) is 11.1. The molecule has 0 bridgehead atoms. The maximum Gasteiger partial charge on any atom is 0.240 e. The van der Waals surface area contributed by atoms with E-state index in [1.807, 2.05) is 35.0 Å². The molecule has 0 fully saturated rings. The summed E-state index contributed by atoms with van der Waals surface area (Å²) in [6.45, 7) is 0. The molecule has 0 saturated carbocycles. The fraction of sp³-hybridized carbons (Fsp3) is 0.143. The monoisotopic (exact) mass is 334 g/mol. The van der Waals surface area contributed by atoms with Crippen LogP contribution in [0.15, 0.2) is 45.2 Å². The van der Waals surface area contributed by atoms with Gasteiger partial charge in [-0.3, -0.25) is 9.59 Å². The SMILES string of the molecule is O=C(CCC(=O)N/N=C/c1cccs1)N/N=C\c1cccs1. The van der Waals surface area contributed by atoms with E-state index < -0.39 is 0 Å². The maximum atomic E-state index is 11.5. The van der Waals surface area contributed by atoms with Gasteiger partial charge in [0.2, 0.25) is 11.8 Å². The zero-order valence-electron chi connectivity index (χ0n) is 11.6. The lowest BCUT2D eigenvalue weighted by Crippen LogP contribution is -2.22. The van der Waals surface area contributed by atoms with Gasteiger partial charge in [0.1, 0.15) is 0 Å². The van der Waals surface area contributed by atoms with Crippen molar-refractivity contribution in [3.8, 4) is 0 Å². The van der Waals surface area contributed by atoms with Crippen LogP contribution in [-0.4, -0.2) is 24.2 Å². The summed E-state index contributed by atoms with van der Waals surface area (Å²) in [5.74, 6) is -0.629. The molecule has 8 heteroatoms. The first-order valence-corrected chi connectivity index (χ1v) is 8.21. The molecule has 0 aliphatic rings. The summed E-state index contributed by atoms with van der Waals surface area (Å²) in [6, 6.07) is 7.57. The van der Waals surface area contributed by atoms with Crippen LogP contribution in [0.25, 0.3) is 0 Å². The number of thiophene rings is 2. The number of carbonyl (C=O) groups is 2. The summed E-state index contributed by atoms with van der Waals surface area (Å²) in [6.07, 6.45) is 3.24. The number of rotatable bonds is 7. The summed E-state index contributed by atoms with van der Waals surface area (Å²) >= 11 is 3.04. The number of carbonyl (C=O) groups excluding carboxylic acids is 2. The second-order valence-corrected chi connectivity index (χ2v) is 6.08. The van der Waals surface area contributed by atoms with E-state index in [0.29, 0.717) is 0 Å². The molecular formula is C14H14N4O2S2. The number of nitrogens with zero attached hydrogens (tertiary/aromatic N) is 2. The van der Waals surface area contributed by atoms with Gasteiger partial charge < -0.3 is 0 Å². The lowest BCUT2D eigenvalue weighted by atomic mass is 10.3. The van der Waals surface area contributed by atoms with Crippen LogP contribution in [0.1, 0.15) is 22.6 Å². The predicted octanol–water partition coefficient (Wildman–Crippen LogP) is 2.19. The van der Waals surface area contributed by atoms with E-state index in [1.54, 1.807) is 12.4 Å². The molecular weight excluding hydrogens is 320 g/mol. The Kier molecular flexibility index (Phi) is 6.46. The van der Waals surface area contributed by atoms with Crippen molar-refractivity contribution in [1.82, 2.24) is 10.9 Å². The van der Waals surface area contributed by atoms with Crippen LogP contribution < -0.4 is 10.9 Å². The van der Waals surface area contributed by atoms with Gasteiger partial charge in [0.15, 0.2) is 0 Å². The number of hydrogen-bond acceptors (Lipinski definition) is 6. The molecule has 0 atom stereocenters. The molecule has 114 valence electrons. The first kappa shape index (κ1) is 16.1. The van der Waals surface area contributed by atoms with Crippen molar-refractivity contribution in [1.29, 1.82) is 0 Å². The summed E-state index contributed by atoms with van der Waals surface area (Å²) in [7, 11) is 0. The van der Waals surface area contributed by atoms with Crippen LogP contribution in [0.3, 0.4) is 0 Å². The third-order valence-electron chi connectivity index (χ3n) is 2.43. The zero-order valence-corrected chi connectivity index (χ0v) is 13.2. The molecule has 2 aromatic rings. The van der Waals surface area contributed by atoms with Gasteiger partial charge in [-0.25, -0.2) is 10.9 Å². The maximum absolute atomic E-state index is 11.5. The van der Waals surface area contributed by atoms with Crippen molar-refractivity contribution in [2.75, 3.05) is 0 Å². The highest BCUT2D eigenvalue weighted by Crippen LogP contribution is 2.04. The minimum atomic E-state index is -0.315. The Labute approximate surface area is 135 Å². The molecule has 0 aliphatic heterocycles. The van der Waals surface area contributed by atoms with Crippen LogP contribution in [0.2, 0.25) is 0 Å². The van der Waals surface area contributed by atoms with Crippen LogP contribution in [0.4, 0.5) is 0 Å². The molecule has 0 saturated heterocycles. The van der Waals surface area contributed by atoms with E-state index in [1.165, 1.54) is 22.7 Å². The van der Waals surface area contributed by atoms with Gasteiger partial charge >= 0.3 is 0 Å². The van der Waals surface area contributed by atoms with E-state index in [-0.39, 0.29) is 24.7 Å². The minimum Gasteiger partial charge on any atom is -0.273 e. The molecule has 6 nitrogen and oxygen atoms in total. The lowest BCUT2D eigenvalue weighted by Gasteiger charge is -1.99. The van der Waals surface area contributed by atoms with Gasteiger partial charge in [0, 0.05) is 22.6 Å². The molecule has 2 heterocycles. The topological polar surface area (TPSA) is 82.9 Å². The second-order valence-electron chi connectivity index (χ2n) is 4.12. The smallest absolute Gasteiger partial charge is 0.240 e. The van der Waals surface area contributed by atoms with Gasteiger partial charge in [0.05, 0.1) is 12.4 Å². The Bertz CT molecular complexity index is 590. The van der Waals surface area contributed by atoms with Crippen LogP contribution >= 0.6 is 22.7 Å². The molecule has 2 rings (SSSR count). The van der Waals surface area contributed by atoms with Crippen LogP contribution in [0.5, 0.6) is 0 Å². The first-order valence-electron chi connectivity index (χ1n) is 6.45. The van der Waals surface area contributed by atoms with E-state index in [2.05, 4.69) is 21.1 Å². The predicted molar refractivity (Wildman–Crippen MR) is 89.3 cm³/mol. The zero-order chi connectivity index (χ0) is 15.6. The van der Waals surface area contributed by atoms with Crippen LogP contribution in [0, 0.1) is 0 Å². The minimum absolute atomic E-state index is 0.0577. The summed E-state index contributed by atoms with van der Waals surface area (Å²) in [4.78, 5) is 24.9. The highest BCUT2D eigenvalue weighted by atomic mass is 32.1. The first-order chi connectivity index (χ1) is 10.7. The van der Waals surface area contributed by atoms with Crippen molar-refractivity contribution >= 4 is 46.9 Å². The lowest BCUT2D eigenvalue weighted by molar-refractivity contribution is -0.126. The molecule has 2 aromatic heterocycles. The molecule has 2 N–H and O–H groups in total. The Morgan fingerprint density at radius 2 is 1.36 bits per heavy atom. The molecule has 0 unspecified atom stereocenters. The highest BCUT2D eigenvalue weighted by molar-refractivity contribution is 7.12. The molecule has 0 spiro atoms. The average Bonchev–Trinajstić information content (AvgIpc) is 3.18. The number of hydrogen-bond donors (Lipinski definition) is 2. The number of hydrazone groups is 2. The van der Waals surface area contributed by atoms with Crippen molar-refractivity contribution in [2.45, 2.75) is 12.8 Å². The standard InChI is InChI=1S/C14H14N4O2S2/c19-13(17-15-9-11-3-1-7-21-11)5-6-14(20)18-16-10-12-4-2-8-22-12/h1-4,7-10H,5-6H2,(H,17,19)(H,18,20)/b15-9-,16-10+. The molecule has 22 heavy (non-hydrogen) atoms. The molecule has 2 amide bonds. The quantitative estimate of drug-likeness (QED) is 0.601. The number of amides is 2. The van der Waals surface area contributed by atoms with Gasteiger partial charge in [-0.05, 0) is 22.9 Å². The van der Waals surface area contributed by atoms with Crippen molar-refractivity contribution in [3.63, 3.8) is 0 Å². The van der Waals surface area contributed by atoms with Gasteiger partial charge in [0.25, 0.3) is 0 Å². The Balaban J connectivity index is 1.62. The average molecular weight is 334 g/mol. The van der Waals surface area contributed by atoms with Gasteiger partial charge in [-0.1, -0.05) is 12.1 Å². The Morgan fingerprint density at radius 3 is 1.73 bits per heavy atom. The molecule has 0 aromatic carbocycles. The van der Waals surface area contributed by atoms with Gasteiger partial charge in [-0.2, -0.15) is 10.2 Å². The third-order valence-corrected chi connectivity index (χ3v) is 4.04. The van der Waals surface area contributed by atoms with Crippen molar-refractivity contribution < 1.29 is 9.59 Å². The summed E-state index contributed by atoms with van der Waals surface area (Å²) in [5.41, 5.74) is 4.75. The van der Waals surface area contributed by atoms with E-state index in [4.69, 9.17) is 0 Å². The molecule has 0 aliphatic carbocycles.